The second-order valence-corrected chi connectivity index (χ2v) is 5.23. The average molecular weight is 342 g/mol. The van der Waals surface area contributed by atoms with Crippen LogP contribution in [0.1, 0.15) is 15.9 Å². The van der Waals surface area contributed by atoms with Gasteiger partial charge in [0.25, 0.3) is 5.91 Å². The van der Waals surface area contributed by atoms with Crippen LogP contribution in [0.25, 0.3) is 0 Å². The number of pyridine rings is 1. The van der Waals surface area contributed by atoms with Gasteiger partial charge in [0.2, 0.25) is 0 Å². The quantitative estimate of drug-likeness (QED) is 0.843. The van der Waals surface area contributed by atoms with Crippen molar-refractivity contribution in [1.82, 2.24) is 10.3 Å². The molecule has 1 amide bonds. The maximum absolute atomic E-state index is 12.1. The van der Waals surface area contributed by atoms with Gasteiger partial charge in [-0.25, -0.2) is 4.98 Å². The number of halogens is 3. The van der Waals surface area contributed by atoms with Crippen molar-refractivity contribution in [2.45, 2.75) is 17.9 Å². The lowest BCUT2D eigenvalue weighted by atomic mass is 10.2. The van der Waals surface area contributed by atoms with Crippen LogP contribution in [0, 0.1) is 0 Å². The van der Waals surface area contributed by atoms with Crippen LogP contribution >= 0.6 is 11.8 Å². The van der Waals surface area contributed by atoms with Crippen molar-refractivity contribution in [1.29, 1.82) is 0 Å². The standard InChI is InChI=1S/C15H13F3N2O2S/c1-23-14-12(3-2-8-19-14)13(21)20-9-10-4-6-11(7-5-10)22-15(16,17)18/h2-8H,9H2,1H3,(H,20,21). The zero-order chi connectivity index (χ0) is 16.9. The summed E-state index contributed by atoms with van der Waals surface area (Å²) >= 11 is 1.36. The van der Waals surface area contributed by atoms with Crippen molar-refractivity contribution in [3.05, 3.63) is 53.7 Å². The van der Waals surface area contributed by atoms with Gasteiger partial charge in [0.05, 0.1) is 5.56 Å². The Hall–Kier alpha value is -2.22. The Bertz CT molecular complexity index is 675. The van der Waals surface area contributed by atoms with Gasteiger partial charge in [-0.3, -0.25) is 4.79 Å². The number of aromatic nitrogens is 1. The van der Waals surface area contributed by atoms with Gasteiger partial charge < -0.3 is 10.1 Å². The first-order chi connectivity index (χ1) is 10.9. The number of rotatable bonds is 5. The summed E-state index contributed by atoms with van der Waals surface area (Å²) in [5.41, 5.74) is 1.11. The highest BCUT2D eigenvalue weighted by molar-refractivity contribution is 7.98. The van der Waals surface area contributed by atoms with Crippen molar-refractivity contribution in [3.63, 3.8) is 0 Å². The van der Waals surface area contributed by atoms with Crippen molar-refractivity contribution in [2.75, 3.05) is 6.26 Å². The van der Waals surface area contributed by atoms with Gasteiger partial charge in [0.1, 0.15) is 10.8 Å². The lowest BCUT2D eigenvalue weighted by Crippen LogP contribution is -2.23. The van der Waals surface area contributed by atoms with Gasteiger partial charge in [-0.1, -0.05) is 12.1 Å². The molecule has 0 aliphatic heterocycles. The Morgan fingerprint density at radius 3 is 2.57 bits per heavy atom. The Kier molecular flexibility index (Phi) is 5.49. The number of hydrogen-bond acceptors (Lipinski definition) is 4. The molecule has 23 heavy (non-hydrogen) atoms. The maximum Gasteiger partial charge on any atom is 0.573 e. The number of amides is 1. The Morgan fingerprint density at radius 2 is 1.96 bits per heavy atom. The summed E-state index contributed by atoms with van der Waals surface area (Å²) in [7, 11) is 0. The fourth-order valence-corrected chi connectivity index (χ4v) is 2.36. The monoisotopic (exact) mass is 342 g/mol. The molecule has 4 nitrogen and oxygen atoms in total. The summed E-state index contributed by atoms with van der Waals surface area (Å²) in [5.74, 6) is -0.595. The van der Waals surface area contributed by atoms with Crippen molar-refractivity contribution in [3.8, 4) is 5.75 Å². The molecule has 0 saturated carbocycles. The zero-order valence-electron chi connectivity index (χ0n) is 12.1. The molecule has 0 saturated heterocycles. The number of benzene rings is 1. The molecule has 2 rings (SSSR count). The van der Waals surface area contributed by atoms with Crippen LogP contribution in [-0.2, 0) is 6.54 Å². The van der Waals surface area contributed by atoms with Crippen molar-refractivity contribution < 1.29 is 22.7 Å². The molecule has 1 N–H and O–H groups in total. The molecule has 2 aromatic rings. The van der Waals surface area contributed by atoms with Crippen LogP contribution in [-0.4, -0.2) is 23.5 Å². The predicted molar refractivity (Wildman–Crippen MR) is 80.3 cm³/mol. The SMILES string of the molecule is CSc1ncccc1C(=O)NCc1ccc(OC(F)(F)F)cc1. The van der Waals surface area contributed by atoms with Crippen LogP contribution in [0.2, 0.25) is 0 Å². The van der Waals surface area contributed by atoms with E-state index in [2.05, 4.69) is 15.0 Å². The summed E-state index contributed by atoms with van der Waals surface area (Å²) < 4.78 is 40.0. The van der Waals surface area contributed by atoms with Crippen LogP contribution < -0.4 is 10.1 Å². The third-order valence-electron chi connectivity index (χ3n) is 2.82. The first kappa shape index (κ1) is 17.1. The van der Waals surface area contributed by atoms with Crippen LogP contribution in [0.3, 0.4) is 0 Å². The fraction of sp³-hybridized carbons (Fsp3) is 0.200. The highest BCUT2D eigenvalue weighted by Gasteiger charge is 2.30. The van der Waals surface area contributed by atoms with Gasteiger partial charge in [0.15, 0.2) is 0 Å². The number of thioether (sulfide) groups is 1. The summed E-state index contributed by atoms with van der Waals surface area (Å²) in [4.78, 5) is 16.2. The molecule has 0 aliphatic rings. The number of nitrogens with zero attached hydrogens (tertiary/aromatic N) is 1. The lowest BCUT2D eigenvalue weighted by molar-refractivity contribution is -0.274. The van der Waals surface area contributed by atoms with Crippen molar-refractivity contribution >= 4 is 17.7 Å². The van der Waals surface area contributed by atoms with E-state index in [1.54, 1.807) is 18.3 Å². The molecule has 1 heterocycles. The first-order valence-corrected chi connectivity index (χ1v) is 7.73. The summed E-state index contributed by atoms with van der Waals surface area (Å²) in [6, 6.07) is 8.64. The minimum atomic E-state index is -4.72. The molecule has 0 unspecified atom stereocenters. The number of ether oxygens (including phenoxy) is 1. The Morgan fingerprint density at radius 1 is 1.26 bits per heavy atom. The largest absolute Gasteiger partial charge is 0.573 e. The van der Waals surface area contributed by atoms with E-state index in [4.69, 9.17) is 0 Å². The average Bonchev–Trinajstić information content (AvgIpc) is 2.52. The molecule has 122 valence electrons. The Labute approximate surface area is 135 Å². The number of alkyl halides is 3. The second-order valence-electron chi connectivity index (χ2n) is 4.43. The van der Waals surface area contributed by atoms with E-state index in [1.807, 2.05) is 6.26 Å². The molecule has 0 spiro atoms. The third-order valence-corrected chi connectivity index (χ3v) is 3.53. The number of carbonyl (C=O) groups is 1. The van der Waals surface area contributed by atoms with E-state index in [0.29, 0.717) is 16.2 Å². The topological polar surface area (TPSA) is 51.2 Å². The third kappa shape index (κ3) is 5.17. The molecule has 0 fully saturated rings. The molecular formula is C15H13F3N2O2S. The van der Waals surface area contributed by atoms with Gasteiger partial charge in [0, 0.05) is 12.7 Å². The van der Waals surface area contributed by atoms with Crippen LogP contribution in [0.4, 0.5) is 13.2 Å². The maximum atomic E-state index is 12.1. The van der Waals surface area contributed by atoms with Gasteiger partial charge in [-0.15, -0.1) is 24.9 Å². The van der Waals surface area contributed by atoms with E-state index in [0.717, 1.165) is 0 Å². The normalized spacial score (nSPS) is 11.1. The fourth-order valence-electron chi connectivity index (χ4n) is 1.81. The number of nitrogens with one attached hydrogen (secondary N) is 1. The molecule has 1 aromatic heterocycles. The van der Waals surface area contributed by atoms with E-state index in [-0.39, 0.29) is 18.2 Å². The van der Waals surface area contributed by atoms with E-state index in [9.17, 15) is 18.0 Å². The molecule has 8 heteroatoms. The van der Waals surface area contributed by atoms with E-state index >= 15 is 0 Å². The summed E-state index contributed by atoms with van der Waals surface area (Å²) in [6.07, 6.45) is -1.30. The highest BCUT2D eigenvalue weighted by Crippen LogP contribution is 2.22. The second kappa shape index (κ2) is 7.36. The Balaban J connectivity index is 1.97. The number of carbonyl (C=O) groups excluding carboxylic acids is 1. The lowest BCUT2D eigenvalue weighted by Gasteiger charge is -2.10. The summed E-state index contributed by atoms with van der Waals surface area (Å²) in [5, 5.41) is 3.31. The molecule has 0 bridgehead atoms. The van der Waals surface area contributed by atoms with E-state index < -0.39 is 6.36 Å². The van der Waals surface area contributed by atoms with Crippen LogP contribution in [0.5, 0.6) is 5.75 Å². The van der Waals surface area contributed by atoms with Crippen molar-refractivity contribution in [2.24, 2.45) is 0 Å². The van der Waals surface area contributed by atoms with Gasteiger partial charge in [-0.05, 0) is 36.1 Å². The number of hydrogen-bond donors (Lipinski definition) is 1. The molecule has 0 aliphatic carbocycles. The highest BCUT2D eigenvalue weighted by atomic mass is 32.2. The minimum Gasteiger partial charge on any atom is -0.406 e. The minimum absolute atomic E-state index is 0.188. The van der Waals surface area contributed by atoms with Gasteiger partial charge in [-0.2, -0.15) is 0 Å². The van der Waals surface area contributed by atoms with Crippen LogP contribution in [0.15, 0.2) is 47.6 Å². The molecule has 0 radical (unpaired) electrons. The molecule has 0 atom stereocenters. The first-order valence-electron chi connectivity index (χ1n) is 6.51. The zero-order valence-corrected chi connectivity index (χ0v) is 12.9. The summed E-state index contributed by atoms with van der Waals surface area (Å²) in [6.45, 7) is 0.188. The smallest absolute Gasteiger partial charge is 0.406 e. The van der Waals surface area contributed by atoms with Gasteiger partial charge >= 0.3 is 6.36 Å². The van der Waals surface area contributed by atoms with E-state index in [1.165, 1.54) is 36.0 Å². The predicted octanol–water partition coefficient (Wildman–Crippen LogP) is 3.63. The molecular weight excluding hydrogens is 329 g/mol. The molecule has 1 aromatic carbocycles.